The van der Waals surface area contributed by atoms with E-state index in [1.54, 1.807) is 0 Å². The van der Waals surface area contributed by atoms with E-state index in [1.165, 1.54) is 0 Å². The first kappa shape index (κ1) is 13.7. The van der Waals surface area contributed by atoms with Crippen molar-refractivity contribution in [2.24, 2.45) is 5.73 Å². The number of ether oxygens (including phenoxy) is 1. The van der Waals surface area contributed by atoms with Gasteiger partial charge in [0.2, 0.25) is 0 Å². The molecule has 0 heterocycles. The van der Waals surface area contributed by atoms with E-state index in [4.69, 9.17) is 5.73 Å². The lowest BCUT2D eigenvalue weighted by Gasteiger charge is -2.16. The molecule has 0 aromatic heterocycles. The highest BCUT2D eigenvalue weighted by molar-refractivity contribution is 4.60. The standard InChI is InChI=1S/C9H18F3NO/c1-7(13)5-3-4-6-14-8(2)9(10,11)12/h7-8H,3-6,13H2,1-2H3. The van der Waals surface area contributed by atoms with Gasteiger partial charge in [-0.1, -0.05) is 0 Å². The van der Waals surface area contributed by atoms with Crippen LogP contribution in [0.15, 0.2) is 0 Å². The summed E-state index contributed by atoms with van der Waals surface area (Å²) in [4.78, 5) is 0. The molecular formula is C9H18F3NO. The lowest BCUT2D eigenvalue weighted by Crippen LogP contribution is -2.28. The molecule has 2 unspecified atom stereocenters. The van der Waals surface area contributed by atoms with Crippen LogP contribution in [0.2, 0.25) is 0 Å². The molecule has 0 saturated heterocycles. The fourth-order valence-corrected chi connectivity index (χ4v) is 0.923. The predicted octanol–water partition coefficient (Wildman–Crippen LogP) is 2.47. The van der Waals surface area contributed by atoms with E-state index in [1.807, 2.05) is 6.92 Å². The largest absolute Gasteiger partial charge is 0.414 e. The first-order chi connectivity index (χ1) is 6.34. The van der Waals surface area contributed by atoms with Gasteiger partial charge in [-0.25, -0.2) is 0 Å². The maximum Gasteiger partial charge on any atom is 0.414 e. The Balaban J connectivity index is 3.37. The van der Waals surface area contributed by atoms with Gasteiger partial charge in [-0.15, -0.1) is 0 Å². The van der Waals surface area contributed by atoms with Crippen LogP contribution in [-0.2, 0) is 4.74 Å². The molecule has 2 nitrogen and oxygen atoms in total. The smallest absolute Gasteiger partial charge is 0.369 e. The van der Waals surface area contributed by atoms with Crippen molar-refractivity contribution < 1.29 is 17.9 Å². The maximum atomic E-state index is 11.9. The number of nitrogens with two attached hydrogens (primary N) is 1. The van der Waals surface area contributed by atoms with Gasteiger partial charge < -0.3 is 10.5 Å². The topological polar surface area (TPSA) is 35.2 Å². The SMILES string of the molecule is CC(N)CCCCOC(C)C(F)(F)F. The fraction of sp³-hybridized carbons (Fsp3) is 1.00. The third-order valence-corrected chi connectivity index (χ3v) is 1.88. The Morgan fingerprint density at radius 1 is 1.21 bits per heavy atom. The Bertz CT molecular complexity index is 147. The van der Waals surface area contributed by atoms with Crippen molar-refractivity contribution in [1.82, 2.24) is 0 Å². The average molecular weight is 213 g/mol. The molecule has 0 aromatic rings. The minimum Gasteiger partial charge on any atom is -0.369 e. The van der Waals surface area contributed by atoms with Crippen LogP contribution in [0.25, 0.3) is 0 Å². The molecule has 0 aliphatic rings. The lowest BCUT2D eigenvalue weighted by atomic mass is 10.1. The minimum atomic E-state index is -4.25. The van der Waals surface area contributed by atoms with Crippen LogP contribution in [-0.4, -0.2) is 24.9 Å². The lowest BCUT2D eigenvalue weighted by molar-refractivity contribution is -0.214. The minimum absolute atomic E-state index is 0.107. The van der Waals surface area contributed by atoms with Crippen molar-refractivity contribution in [3.63, 3.8) is 0 Å². The van der Waals surface area contributed by atoms with Gasteiger partial charge in [0.25, 0.3) is 0 Å². The molecule has 0 radical (unpaired) electrons. The van der Waals surface area contributed by atoms with E-state index in [-0.39, 0.29) is 12.6 Å². The van der Waals surface area contributed by atoms with E-state index in [0.717, 1.165) is 19.8 Å². The number of halogens is 3. The normalized spacial score (nSPS) is 16.7. The molecule has 14 heavy (non-hydrogen) atoms. The van der Waals surface area contributed by atoms with Crippen LogP contribution >= 0.6 is 0 Å². The van der Waals surface area contributed by atoms with Crippen molar-refractivity contribution in [1.29, 1.82) is 0 Å². The van der Waals surface area contributed by atoms with Crippen molar-refractivity contribution in [3.05, 3.63) is 0 Å². The van der Waals surface area contributed by atoms with E-state index in [2.05, 4.69) is 4.74 Å². The average Bonchev–Trinajstić information content (AvgIpc) is 2.01. The van der Waals surface area contributed by atoms with Gasteiger partial charge in [-0.2, -0.15) is 13.2 Å². The van der Waals surface area contributed by atoms with Crippen molar-refractivity contribution in [3.8, 4) is 0 Å². The molecule has 0 amide bonds. The fourth-order valence-electron chi connectivity index (χ4n) is 0.923. The zero-order chi connectivity index (χ0) is 11.2. The number of alkyl halides is 3. The molecule has 5 heteroatoms. The zero-order valence-electron chi connectivity index (χ0n) is 8.60. The number of unbranched alkanes of at least 4 members (excludes halogenated alkanes) is 1. The van der Waals surface area contributed by atoms with Crippen molar-refractivity contribution in [2.45, 2.75) is 51.4 Å². The summed E-state index contributed by atoms with van der Waals surface area (Å²) in [5, 5.41) is 0. The van der Waals surface area contributed by atoms with Gasteiger partial charge in [0.15, 0.2) is 6.10 Å². The molecule has 0 fully saturated rings. The quantitative estimate of drug-likeness (QED) is 0.688. The Labute approximate surface area is 82.6 Å². The molecule has 0 bridgehead atoms. The molecule has 0 rings (SSSR count). The number of rotatable bonds is 6. The molecule has 0 aromatic carbocycles. The molecule has 2 atom stereocenters. The van der Waals surface area contributed by atoms with Gasteiger partial charge in [-0.3, -0.25) is 0 Å². The second-order valence-electron chi connectivity index (χ2n) is 3.53. The highest BCUT2D eigenvalue weighted by atomic mass is 19.4. The van der Waals surface area contributed by atoms with Crippen LogP contribution in [0.1, 0.15) is 33.1 Å². The number of hydrogen-bond donors (Lipinski definition) is 1. The second-order valence-corrected chi connectivity index (χ2v) is 3.53. The Morgan fingerprint density at radius 2 is 1.79 bits per heavy atom. The third kappa shape index (κ3) is 7.15. The van der Waals surface area contributed by atoms with Crippen molar-refractivity contribution in [2.75, 3.05) is 6.61 Å². The monoisotopic (exact) mass is 213 g/mol. The number of hydrogen-bond acceptors (Lipinski definition) is 2. The second kappa shape index (κ2) is 6.24. The summed E-state index contributed by atoms with van der Waals surface area (Å²) < 4.78 is 40.4. The van der Waals surface area contributed by atoms with Gasteiger partial charge in [0, 0.05) is 12.6 Å². The summed E-state index contributed by atoms with van der Waals surface area (Å²) in [6.45, 7) is 3.04. The highest BCUT2D eigenvalue weighted by Gasteiger charge is 2.36. The van der Waals surface area contributed by atoms with Gasteiger partial charge in [0.05, 0.1) is 0 Å². The van der Waals surface area contributed by atoms with Gasteiger partial charge in [0.1, 0.15) is 0 Å². The first-order valence-corrected chi connectivity index (χ1v) is 4.78. The van der Waals surface area contributed by atoms with Crippen LogP contribution < -0.4 is 5.73 Å². The van der Waals surface area contributed by atoms with Crippen LogP contribution in [0.5, 0.6) is 0 Å². The van der Waals surface area contributed by atoms with Gasteiger partial charge >= 0.3 is 6.18 Å². The summed E-state index contributed by atoms with van der Waals surface area (Å²) in [5.41, 5.74) is 5.48. The molecule has 0 saturated carbocycles. The third-order valence-electron chi connectivity index (χ3n) is 1.88. The Morgan fingerprint density at radius 3 is 2.21 bits per heavy atom. The first-order valence-electron chi connectivity index (χ1n) is 4.78. The van der Waals surface area contributed by atoms with Crippen LogP contribution in [0.3, 0.4) is 0 Å². The van der Waals surface area contributed by atoms with E-state index in [9.17, 15) is 13.2 Å². The summed E-state index contributed by atoms with van der Waals surface area (Å²) in [6.07, 6.45) is -3.66. The van der Waals surface area contributed by atoms with E-state index < -0.39 is 12.3 Å². The van der Waals surface area contributed by atoms with Crippen molar-refractivity contribution >= 4 is 0 Å². The van der Waals surface area contributed by atoms with E-state index in [0.29, 0.717) is 6.42 Å². The summed E-state index contributed by atoms with van der Waals surface area (Å²) in [6, 6.07) is 0.107. The summed E-state index contributed by atoms with van der Waals surface area (Å²) >= 11 is 0. The molecular weight excluding hydrogens is 195 g/mol. The molecule has 2 N–H and O–H groups in total. The van der Waals surface area contributed by atoms with Crippen LogP contribution in [0, 0.1) is 0 Å². The Hall–Kier alpha value is -0.290. The molecule has 86 valence electrons. The van der Waals surface area contributed by atoms with Gasteiger partial charge in [-0.05, 0) is 33.1 Å². The van der Waals surface area contributed by atoms with E-state index >= 15 is 0 Å². The molecule has 0 spiro atoms. The molecule has 0 aliphatic carbocycles. The summed E-state index contributed by atoms with van der Waals surface area (Å²) in [7, 11) is 0. The highest BCUT2D eigenvalue weighted by Crippen LogP contribution is 2.22. The molecule has 0 aliphatic heterocycles. The summed E-state index contributed by atoms with van der Waals surface area (Å²) in [5.74, 6) is 0. The predicted molar refractivity (Wildman–Crippen MR) is 49.0 cm³/mol. The zero-order valence-corrected chi connectivity index (χ0v) is 8.60. The Kier molecular flexibility index (Phi) is 6.11. The van der Waals surface area contributed by atoms with Crippen LogP contribution in [0.4, 0.5) is 13.2 Å². The maximum absolute atomic E-state index is 11.9.